The minimum Gasteiger partial charge on any atom is -0.475 e. The van der Waals surface area contributed by atoms with Crippen molar-refractivity contribution < 1.29 is 19.1 Å². The summed E-state index contributed by atoms with van der Waals surface area (Å²) in [5.41, 5.74) is 2.50. The first-order chi connectivity index (χ1) is 11.1. The highest BCUT2D eigenvalue weighted by molar-refractivity contribution is 5.94. The first kappa shape index (κ1) is 14.1. The minimum absolute atomic E-state index is 0.0598. The first-order valence-electron chi connectivity index (χ1n) is 7.89. The number of aromatic carboxylic acids is 1. The molecule has 1 heterocycles. The lowest BCUT2D eigenvalue weighted by Gasteiger charge is -2.29. The summed E-state index contributed by atoms with van der Waals surface area (Å²) in [6, 6.07) is 11.3. The Bertz CT molecular complexity index is 775. The molecule has 0 saturated heterocycles. The molecule has 1 N–H and O–H groups in total. The largest absolute Gasteiger partial charge is 0.475 e. The number of rotatable bonds is 4. The number of carbonyl (C=O) groups excluding carboxylic acids is 1. The van der Waals surface area contributed by atoms with E-state index in [1.807, 2.05) is 17.0 Å². The van der Waals surface area contributed by atoms with Crippen LogP contribution in [0.4, 0.5) is 0 Å². The van der Waals surface area contributed by atoms with Crippen LogP contribution in [0.5, 0.6) is 0 Å². The highest BCUT2D eigenvalue weighted by Gasteiger charge is 2.41. The molecule has 1 unspecified atom stereocenters. The maximum absolute atomic E-state index is 12.9. The molecule has 1 atom stereocenters. The second-order valence-corrected chi connectivity index (χ2v) is 6.17. The topological polar surface area (TPSA) is 70.8 Å². The van der Waals surface area contributed by atoms with Gasteiger partial charge in [0.25, 0.3) is 5.91 Å². The van der Waals surface area contributed by atoms with Crippen molar-refractivity contribution in [2.75, 3.05) is 0 Å². The Hall–Kier alpha value is -2.56. The van der Waals surface area contributed by atoms with Gasteiger partial charge in [0, 0.05) is 6.04 Å². The van der Waals surface area contributed by atoms with Crippen molar-refractivity contribution in [3.8, 4) is 0 Å². The molecule has 5 heteroatoms. The third-order valence-corrected chi connectivity index (χ3v) is 4.64. The van der Waals surface area contributed by atoms with Crippen LogP contribution in [0.15, 0.2) is 40.8 Å². The average Bonchev–Trinajstić information content (AvgIpc) is 3.10. The number of hydrogen-bond acceptors (Lipinski definition) is 3. The Morgan fingerprint density at radius 1 is 1.04 bits per heavy atom. The van der Waals surface area contributed by atoms with Crippen LogP contribution < -0.4 is 0 Å². The summed E-state index contributed by atoms with van der Waals surface area (Å²) in [7, 11) is 0. The predicted molar refractivity (Wildman–Crippen MR) is 82.4 cm³/mol. The lowest BCUT2D eigenvalue weighted by Crippen LogP contribution is -2.35. The van der Waals surface area contributed by atoms with E-state index in [1.54, 1.807) is 0 Å². The van der Waals surface area contributed by atoms with Crippen molar-refractivity contribution in [1.29, 1.82) is 0 Å². The van der Waals surface area contributed by atoms with E-state index in [-0.39, 0.29) is 29.5 Å². The van der Waals surface area contributed by atoms with Crippen LogP contribution in [0.3, 0.4) is 0 Å². The average molecular weight is 311 g/mol. The second kappa shape index (κ2) is 5.26. The van der Waals surface area contributed by atoms with Crippen LogP contribution >= 0.6 is 0 Å². The molecule has 2 aliphatic rings. The van der Waals surface area contributed by atoms with E-state index in [2.05, 4.69) is 12.1 Å². The zero-order valence-electron chi connectivity index (χ0n) is 12.6. The van der Waals surface area contributed by atoms with Crippen LogP contribution in [0.2, 0.25) is 0 Å². The van der Waals surface area contributed by atoms with Crippen LogP contribution in [0.25, 0.3) is 0 Å². The third kappa shape index (κ3) is 2.42. The van der Waals surface area contributed by atoms with Crippen molar-refractivity contribution in [1.82, 2.24) is 4.90 Å². The summed E-state index contributed by atoms with van der Waals surface area (Å²) in [5, 5.41) is 8.96. The van der Waals surface area contributed by atoms with Gasteiger partial charge >= 0.3 is 5.97 Å². The Balaban J connectivity index is 1.66. The fraction of sp³-hybridized carbons (Fsp3) is 0.333. The first-order valence-corrected chi connectivity index (χ1v) is 7.89. The molecular weight excluding hydrogens is 294 g/mol. The molecule has 1 amide bonds. The van der Waals surface area contributed by atoms with Gasteiger partial charge in [0.2, 0.25) is 5.76 Å². The maximum Gasteiger partial charge on any atom is 0.371 e. The molecule has 2 aliphatic carbocycles. The number of carbonyl (C=O) groups is 2. The number of nitrogens with zero attached hydrogens (tertiary/aromatic N) is 1. The molecule has 1 fully saturated rings. The summed E-state index contributed by atoms with van der Waals surface area (Å²) in [5.74, 6) is -1.45. The normalized spacial score (nSPS) is 19.4. The molecule has 4 rings (SSSR count). The summed E-state index contributed by atoms with van der Waals surface area (Å²) in [6.45, 7) is 0. The third-order valence-electron chi connectivity index (χ3n) is 4.64. The number of carboxylic acid groups (broad SMARTS) is 1. The van der Waals surface area contributed by atoms with Gasteiger partial charge in [0.15, 0.2) is 5.76 Å². The number of amides is 1. The van der Waals surface area contributed by atoms with Crippen LogP contribution in [-0.4, -0.2) is 27.9 Å². The van der Waals surface area contributed by atoms with Crippen molar-refractivity contribution in [3.63, 3.8) is 0 Å². The standard InChI is InChI=1S/C18H17NO4/c20-17(15-9-10-16(23-15)18(21)22)19(12-6-7-12)14-8-5-11-3-1-2-4-13(11)14/h1-4,9-10,12,14H,5-8H2,(H,21,22). The molecule has 1 saturated carbocycles. The SMILES string of the molecule is O=C(O)c1ccc(C(=O)N(C2CC2)C2CCc3ccccc32)o1. The van der Waals surface area contributed by atoms with E-state index >= 15 is 0 Å². The van der Waals surface area contributed by atoms with E-state index in [0.717, 1.165) is 25.7 Å². The Morgan fingerprint density at radius 2 is 1.78 bits per heavy atom. The zero-order valence-corrected chi connectivity index (χ0v) is 12.6. The van der Waals surface area contributed by atoms with Crippen LogP contribution in [-0.2, 0) is 6.42 Å². The number of benzene rings is 1. The molecule has 5 nitrogen and oxygen atoms in total. The van der Waals surface area contributed by atoms with E-state index in [9.17, 15) is 9.59 Å². The number of aryl methyl sites for hydroxylation is 1. The molecule has 118 valence electrons. The lowest BCUT2D eigenvalue weighted by molar-refractivity contribution is 0.0607. The molecule has 1 aromatic carbocycles. The quantitative estimate of drug-likeness (QED) is 0.940. The number of fused-ring (bicyclic) bond motifs is 1. The zero-order chi connectivity index (χ0) is 16.0. The van der Waals surface area contributed by atoms with Gasteiger partial charge < -0.3 is 14.4 Å². The maximum atomic E-state index is 12.9. The van der Waals surface area contributed by atoms with E-state index < -0.39 is 5.97 Å². The lowest BCUT2D eigenvalue weighted by atomic mass is 10.1. The molecule has 0 radical (unpaired) electrons. The van der Waals surface area contributed by atoms with Gasteiger partial charge in [0.05, 0.1) is 6.04 Å². The Labute approximate surface area is 133 Å². The monoisotopic (exact) mass is 311 g/mol. The van der Waals surface area contributed by atoms with Gasteiger partial charge in [-0.1, -0.05) is 24.3 Å². The van der Waals surface area contributed by atoms with Crippen LogP contribution in [0, 0.1) is 0 Å². The number of hydrogen-bond donors (Lipinski definition) is 1. The summed E-state index contributed by atoms with van der Waals surface area (Å²) >= 11 is 0. The Morgan fingerprint density at radius 3 is 2.48 bits per heavy atom. The fourth-order valence-electron chi connectivity index (χ4n) is 3.43. The van der Waals surface area contributed by atoms with Crippen molar-refractivity contribution >= 4 is 11.9 Å². The number of furan rings is 1. The van der Waals surface area contributed by atoms with Gasteiger partial charge in [-0.05, 0) is 48.9 Å². The minimum atomic E-state index is -1.16. The molecule has 0 spiro atoms. The highest BCUT2D eigenvalue weighted by atomic mass is 16.4. The second-order valence-electron chi connectivity index (χ2n) is 6.17. The van der Waals surface area contributed by atoms with Gasteiger partial charge in [-0.2, -0.15) is 0 Å². The van der Waals surface area contributed by atoms with E-state index in [0.29, 0.717) is 0 Å². The van der Waals surface area contributed by atoms with E-state index in [1.165, 1.54) is 23.3 Å². The van der Waals surface area contributed by atoms with Gasteiger partial charge in [-0.3, -0.25) is 4.79 Å². The van der Waals surface area contributed by atoms with Gasteiger partial charge in [0.1, 0.15) is 0 Å². The molecular formula is C18H17NO4. The number of carboxylic acids is 1. The van der Waals surface area contributed by atoms with Crippen molar-refractivity contribution in [3.05, 3.63) is 59.0 Å². The van der Waals surface area contributed by atoms with Crippen molar-refractivity contribution in [2.24, 2.45) is 0 Å². The summed E-state index contributed by atoms with van der Waals surface area (Å²) in [6.07, 6.45) is 3.87. The van der Waals surface area contributed by atoms with Crippen molar-refractivity contribution in [2.45, 2.75) is 37.8 Å². The molecule has 0 aliphatic heterocycles. The molecule has 23 heavy (non-hydrogen) atoms. The Kier molecular flexibility index (Phi) is 3.22. The predicted octanol–water partition coefficient (Wildman–Crippen LogP) is 3.27. The van der Waals surface area contributed by atoms with Gasteiger partial charge in [-0.15, -0.1) is 0 Å². The molecule has 2 aromatic rings. The smallest absolute Gasteiger partial charge is 0.371 e. The van der Waals surface area contributed by atoms with Gasteiger partial charge in [-0.25, -0.2) is 4.79 Å². The fourth-order valence-corrected chi connectivity index (χ4v) is 3.43. The summed E-state index contributed by atoms with van der Waals surface area (Å²) < 4.78 is 5.22. The van der Waals surface area contributed by atoms with E-state index in [4.69, 9.17) is 9.52 Å². The molecule has 1 aromatic heterocycles. The highest BCUT2D eigenvalue weighted by Crippen LogP contribution is 2.42. The molecule has 0 bridgehead atoms. The summed E-state index contributed by atoms with van der Waals surface area (Å²) in [4.78, 5) is 25.8. The van der Waals surface area contributed by atoms with Crippen LogP contribution in [0.1, 0.15) is 57.5 Å².